The highest BCUT2D eigenvalue weighted by Crippen LogP contribution is 2.22. The number of furan rings is 1. The van der Waals surface area contributed by atoms with E-state index >= 15 is 0 Å². The van der Waals surface area contributed by atoms with Gasteiger partial charge in [0.1, 0.15) is 23.0 Å². The summed E-state index contributed by atoms with van der Waals surface area (Å²) in [7, 11) is -4.16. The molecule has 0 saturated carbocycles. The van der Waals surface area contributed by atoms with Crippen LogP contribution in [0, 0.1) is 18.6 Å². The summed E-state index contributed by atoms with van der Waals surface area (Å²) < 4.78 is 57.5. The monoisotopic (exact) mass is 317 g/mol. The van der Waals surface area contributed by atoms with Gasteiger partial charge in [-0.2, -0.15) is 8.42 Å². The zero-order valence-electron chi connectivity index (χ0n) is 10.6. The standard InChI is InChI=1S/C12H9F2NO5S/c1-6-2-3-10(20-6)21(18,19)15-7-4-8(13)11(12(16)17)9(14)5-7/h2-5,15H,1H3,(H,16,17). The highest BCUT2D eigenvalue weighted by atomic mass is 32.2. The molecule has 1 aromatic heterocycles. The van der Waals surface area contributed by atoms with Gasteiger partial charge in [0.05, 0.1) is 5.69 Å². The molecule has 0 fully saturated rings. The van der Waals surface area contributed by atoms with Crippen LogP contribution in [0.15, 0.2) is 33.8 Å². The van der Waals surface area contributed by atoms with E-state index in [2.05, 4.69) is 0 Å². The molecule has 21 heavy (non-hydrogen) atoms. The van der Waals surface area contributed by atoms with E-state index in [0.717, 1.165) is 0 Å². The van der Waals surface area contributed by atoms with Crippen LogP contribution in [0.25, 0.3) is 0 Å². The summed E-state index contributed by atoms with van der Waals surface area (Å²) >= 11 is 0. The van der Waals surface area contributed by atoms with Gasteiger partial charge in [0.15, 0.2) is 0 Å². The number of rotatable bonds is 4. The molecule has 2 N–H and O–H groups in total. The summed E-state index contributed by atoms with van der Waals surface area (Å²) in [6.45, 7) is 1.53. The van der Waals surface area contributed by atoms with E-state index in [4.69, 9.17) is 9.52 Å². The molecule has 0 saturated heterocycles. The number of hydrogen-bond acceptors (Lipinski definition) is 4. The van der Waals surface area contributed by atoms with Gasteiger partial charge in [0, 0.05) is 0 Å². The Balaban J connectivity index is 2.39. The summed E-state index contributed by atoms with van der Waals surface area (Å²) in [5, 5.41) is 8.19. The Morgan fingerprint density at radius 1 is 1.24 bits per heavy atom. The predicted molar refractivity (Wildman–Crippen MR) is 67.6 cm³/mol. The van der Waals surface area contributed by atoms with E-state index in [0.29, 0.717) is 17.9 Å². The number of sulfonamides is 1. The fourth-order valence-corrected chi connectivity index (χ4v) is 2.62. The van der Waals surface area contributed by atoms with Crippen LogP contribution in [0.4, 0.5) is 14.5 Å². The molecule has 0 aliphatic rings. The Hall–Kier alpha value is -2.42. The quantitative estimate of drug-likeness (QED) is 0.902. The van der Waals surface area contributed by atoms with Gasteiger partial charge in [0.25, 0.3) is 10.0 Å². The van der Waals surface area contributed by atoms with E-state index in [-0.39, 0.29) is 0 Å². The second-order valence-corrected chi connectivity index (χ2v) is 5.70. The smallest absolute Gasteiger partial charge is 0.341 e. The Kier molecular flexibility index (Phi) is 3.69. The highest BCUT2D eigenvalue weighted by molar-refractivity contribution is 7.92. The van der Waals surface area contributed by atoms with Crippen LogP contribution in [0.1, 0.15) is 16.1 Å². The molecular formula is C12H9F2NO5S. The van der Waals surface area contributed by atoms with Crippen LogP contribution in [-0.2, 0) is 10.0 Å². The zero-order valence-corrected chi connectivity index (χ0v) is 11.4. The number of hydrogen-bond donors (Lipinski definition) is 2. The van der Waals surface area contributed by atoms with E-state index in [9.17, 15) is 22.0 Å². The van der Waals surface area contributed by atoms with Gasteiger partial charge in [-0.15, -0.1) is 0 Å². The molecule has 0 spiro atoms. The minimum atomic E-state index is -4.16. The lowest BCUT2D eigenvalue weighted by atomic mass is 10.2. The van der Waals surface area contributed by atoms with E-state index in [1.807, 2.05) is 4.72 Å². The molecule has 2 aromatic rings. The lowest BCUT2D eigenvalue weighted by Gasteiger charge is -2.07. The van der Waals surface area contributed by atoms with E-state index in [1.165, 1.54) is 19.1 Å². The number of carbonyl (C=O) groups is 1. The number of carboxylic acids is 1. The first-order valence-corrected chi connectivity index (χ1v) is 7.00. The molecular weight excluding hydrogens is 308 g/mol. The lowest BCUT2D eigenvalue weighted by molar-refractivity contribution is 0.0686. The van der Waals surface area contributed by atoms with Crippen molar-refractivity contribution in [3.8, 4) is 0 Å². The maximum absolute atomic E-state index is 13.5. The van der Waals surface area contributed by atoms with Gasteiger partial charge < -0.3 is 9.52 Å². The number of carboxylic acid groups (broad SMARTS) is 1. The second-order valence-electron chi connectivity index (χ2n) is 4.09. The van der Waals surface area contributed by atoms with Crippen molar-refractivity contribution in [3.63, 3.8) is 0 Å². The van der Waals surface area contributed by atoms with Crippen molar-refractivity contribution in [1.82, 2.24) is 0 Å². The number of benzene rings is 1. The Labute approximate surface area is 118 Å². The van der Waals surface area contributed by atoms with Gasteiger partial charge in [-0.25, -0.2) is 13.6 Å². The van der Waals surface area contributed by atoms with Crippen molar-refractivity contribution in [2.75, 3.05) is 4.72 Å². The molecule has 0 bridgehead atoms. The third-order valence-corrected chi connectivity index (χ3v) is 3.74. The van der Waals surface area contributed by atoms with Gasteiger partial charge in [-0.3, -0.25) is 4.72 Å². The number of anilines is 1. The molecule has 0 aliphatic carbocycles. The molecule has 6 nitrogen and oxygen atoms in total. The van der Waals surface area contributed by atoms with Crippen molar-refractivity contribution >= 4 is 21.7 Å². The summed E-state index contributed by atoms with van der Waals surface area (Å²) in [6.07, 6.45) is 0. The first-order chi connectivity index (χ1) is 9.70. The fraction of sp³-hybridized carbons (Fsp3) is 0.0833. The molecule has 0 atom stereocenters. The maximum atomic E-state index is 13.5. The van der Waals surface area contributed by atoms with Gasteiger partial charge in [0.2, 0.25) is 5.09 Å². The van der Waals surface area contributed by atoms with Crippen LogP contribution in [0.3, 0.4) is 0 Å². The molecule has 0 amide bonds. The molecule has 1 heterocycles. The van der Waals surface area contributed by atoms with Crippen LogP contribution >= 0.6 is 0 Å². The zero-order chi connectivity index (χ0) is 15.8. The molecule has 9 heteroatoms. The third-order valence-electron chi connectivity index (χ3n) is 2.49. The first-order valence-electron chi connectivity index (χ1n) is 5.52. The van der Waals surface area contributed by atoms with Crippen molar-refractivity contribution in [3.05, 3.63) is 47.2 Å². The van der Waals surface area contributed by atoms with Crippen molar-refractivity contribution in [2.45, 2.75) is 12.0 Å². The molecule has 0 radical (unpaired) electrons. The fourth-order valence-electron chi connectivity index (χ4n) is 1.60. The Morgan fingerprint density at radius 2 is 1.81 bits per heavy atom. The van der Waals surface area contributed by atoms with Gasteiger partial charge >= 0.3 is 5.97 Å². The SMILES string of the molecule is Cc1ccc(S(=O)(=O)Nc2cc(F)c(C(=O)O)c(F)c2)o1. The van der Waals surface area contributed by atoms with Crippen molar-refractivity contribution in [1.29, 1.82) is 0 Å². The van der Waals surface area contributed by atoms with Crippen LogP contribution in [0.2, 0.25) is 0 Å². The average Bonchev–Trinajstić information content (AvgIpc) is 2.74. The Bertz CT molecular complexity index is 790. The van der Waals surface area contributed by atoms with Crippen molar-refractivity contribution in [2.24, 2.45) is 0 Å². The van der Waals surface area contributed by atoms with Crippen LogP contribution < -0.4 is 4.72 Å². The van der Waals surface area contributed by atoms with E-state index in [1.54, 1.807) is 0 Å². The van der Waals surface area contributed by atoms with E-state index < -0.39 is 44.0 Å². The highest BCUT2D eigenvalue weighted by Gasteiger charge is 2.22. The third kappa shape index (κ3) is 3.02. The average molecular weight is 317 g/mol. The summed E-state index contributed by atoms with van der Waals surface area (Å²) in [5.74, 6) is -4.23. The van der Waals surface area contributed by atoms with Gasteiger partial charge in [-0.1, -0.05) is 0 Å². The Morgan fingerprint density at radius 3 is 2.24 bits per heavy atom. The number of halogens is 2. The maximum Gasteiger partial charge on any atom is 0.341 e. The lowest BCUT2D eigenvalue weighted by Crippen LogP contribution is -2.14. The summed E-state index contributed by atoms with van der Waals surface area (Å²) in [4.78, 5) is 10.6. The number of nitrogens with one attached hydrogen (secondary N) is 1. The predicted octanol–water partition coefficient (Wildman–Crippen LogP) is 2.37. The summed E-state index contributed by atoms with van der Waals surface area (Å²) in [6, 6.07) is 3.72. The normalized spacial score (nSPS) is 11.4. The molecule has 0 aliphatic heterocycles. The number of aromatic carboxylic acids is 1. The minimum Gasteiger partial charge on any atom is -0.477 e. The minimum absolute atomic E-state index is 0.342. The van der Waals surface area contributed by atoms with Gasteiger partial charge in [-0.05, 0) is 31.2 Å². The molecule has 0 unspecified atom stereocenters. The largest absolute Gasteiger partial charge is 0.477 e. The molecule has 2 rings (SSSR count). The summed E-state index contributed by atoms with van der Waals surface area (Å²) in [5.41, 5.74) is -1.61. The second kappa shape index (κ2) is 5.17. The topological polar surface area (TPSA) is 96.6 Å². The van der Waals surface area contributed by atoms with Crippen molar-refractivity contribution < 1.29 is 31.5 Å². The van der Waals surface area contributed by atoms with Crippen LogP contribution in [-0.4, -0.2) is 19.5 Å². The molecule has 112 valence electrons. The molecule has 1 aromatic carbocycles. The van der Waals surface area contributed by atoms with Crippen LogP contribution in [0.5, 0.6) is 0 Å². The number of aryl methyl sites for hydroxylation is 1. The first kappa shape index (κ1) is 15.0.